The van der Waals surface area contributed by atoms with Gasteiger partial charge in [0.25, 0.3) is 0 Å². The van der Waals surface area contributed by atoms with Crippen LogP contribution in [0.2, 0.25) is 0 Å². The topological polar surface area (TPSA) is 28.7 Å². The van der Waals surface area contributed by atoms with Gasteiger partial charge in [-0.25, -0.2) is 4.98 Å². The highest BCUT2D eigenvalue weighted by molar-refractivity contribution is 5.76. The van der Waals surface area contributed by atoms with E-state index < -0.39 is 11.7 Å². The fourth-order valence-corrected chi connectivity index (χ4v) is 2.22. The molecule has 2 aromatic carbocycles. The standard InChI is InChI=1S/C16H13F3N2/c1-10-2-4-11(5-3-10)8-15-20-13-7-6-12(16(17,18)19)9-14(13)21-15/h2-7,9H,8H2,1H3,(H,20,21). The first-order chi connectivity index (χ1) is 9.91. The molecule has 0 radical (unpaired) electrons. The number of imidazole rings is 1. The van der Waals surface area contributed by atoms with Crippen molar-refractivity contribution in [1.82, 2.24) is 9.97 Å². The summed E-state index contributed by atoms with van der Waals surface area (Å²) in [4.78, 5) is 7.29. The third-order valence-electron chi connectivity index (χ3n) is 3.35. The fraction of sp³-hybridized carbons (Fsp3) is 0.188. The minimum absolute atomic E-state index is 0.409. The van der Waals surface area contributed by atoms with Crippen molar-refractivity contribution < 1.29 is 13.2 Å². The van der Waals surface area contributed by atoms with Crippen molar-refractivity contribution in [3.63, 3.8) is 0 Å². The van der Waals surface area contributed by atoms with Crippen LogP contribution in [0.5, 0.6) is 0 Å². The molecule has 0 spiro atoms. The number of aromatic amines is 1. The number of nitrogens with zero attached hydrogens (tertiary/aromatic N) is 1. The molecule has 0 aliphatic heterocycles. The number of hydrogen-bond donors (Lipinski definition) is 1. The Bertz CT molecular complexity index is 770. The number of rotatable bonds is 2. The number of fused-ring (bicyclic) bond motifs is 1. The highest BCUT2D eigenvalue weighted by atomic mass is 19.4. The Labute approximate surface area is 119 Å². The number of nitrogens with one attached hydrogen (secondary N) is 1. The predicted molar refractivity (Wildman–Crippen MR) is 75.1 cm³/mol. The van der Waals surface area contributed by atoms with Crippen molar-refractivity contribution in [2.45, 2.75) is 19.5 Å². The summed E-state index contributed by atoms with van der Waals surface area (Å²) < 4.78 is 38.0. The van der Waals surface area contributed by atoms with Crippen LogP contribution in [0.3, 0.4) is 0 Å². The molecule has 5 heteroatoms. The summed E-state index contributed by atoms with van der Waals surface area (Å²) >= 11 is 0. The normalized spacial score (nSPS) is 12.0. The van der Waals surface area contributed by atoms with Crippen molar-refractivity contribution in [3.8, 4) is 0 Å². The van der Waals surface area contributed by atoms with Gasteiger partial charge in [-0.15, -0.1) is 0 Å². The highest BCUT2D eigenvalue weighted by Crippen LogP contribution is 2.30. The summed E-state index contributed by atoms with van der Waals surface area (Å²) in [6, 6.07) is 11.5. The Hall–Kier alpha value is -2.30. The van der Waals surface area contributed by atoms with Crippen LogP contribution in [0.15, 0.2) is 42.5 Å². The molecule has 108 valence electrons. The quantitative estimate of drug-likeness (QED) is 0.740. The van der Waals surface area contributed by atoms with E-state index in [0.717, 1.165) is 23.3 Å². The maximum atomic E-state index is 12.7. The molecule has 3 rings (SSSR count). The number of H-pyrrole nitrogens is 1. The van der Waals surface area contributed by atoms with Crippen molar-refractivity contribution >= 4 is 11.0 Å². The second-order valence-corrected chi connectivity index (χ2v) is 5.08. The van der Waals surface area contributed by atoms with Gasteiger partial charge in [0.1, 0.15) is 5.82 Å². The molecule has 0 bridgehead atoms. The average molecular weight is 290 g/mol. The monoisotopic (exact) mass is 290 g/mol. The molecule has 0 aliphatic rings. The van der Waals surface area contributed by atoms with Crippen LogP contribution in [0.4, 0.5) is 13.2 Å². The maximum absolute atomic E-state index is 12.7. The van der Waals surface area contributed by atoms with Gasteiger partial charge in [-0.1, -0.05) is 29.8 Å². The molecular formula is C16H13F3N2. The zero-order valence-corrected chi connectivity index (χ0v) is 11.3. The summed E-state index contributed by atoms with van der Waals surface area (Å²) in [6.45, 7) is 2.00. The number of benzene rings is 2. The molecule has 1 aromatic heterocycles. The fourth-order valence-electron chi connectivity index (χ4n) is 2.22. The highest BCUT2D eigenvalue weighted by Gasteiger charge is 2.30. The third kappa shape index (κ3) is 2.91. The van der Waals surface area contributed by atoms with E-state index in [1.807, 2.05) is 31.2 Å². The van der Waals surface area contributed by atoms with Gasteiger partial charge in [0.2, 0.25) is 0 Å². The average Bonchev–Trinajstić information content (AvgIpc) is 2.81. The minimum atomic E-state index is -4.34. The molecule has 1 heterocycles. The lowest BCUT2D eigenvalue weighted by molar-refractivity contribution is -0.137. The molecule has 0 saturated heterocycles. The van der Waals surface area contributed by atoms with Crippen molar-refractivity contribution in [2.75, 3.05) is 0 Å². The molecule has 2 nitrogen and oxygen atoms in total. The summed E-state index contributed by atoms with van der Waals surface area (Å²) in [5.74, 6) is 0.660. The summed E-state index contributed by atoms with van der Waals surface area (Å²) in [5.41, 5.74) is 2.52. The van der Waals surface area contributed by atoms with Gasteiger partial charge in [0, 0.05) is 6.42 Å². The van der Waals surface area contributed by atoms with E-state index in [-0.39, 0.29) is 0 Å². The number of halogens is 3. The largest absolute Gasteiger partial charge is 0.416 e. The van der Waals surface area contributed by atoms with E-state index in [9.17, 15) is 13.2 Å². The van der Waals surface area contributed by atoms with Gasteiger partial charge in [0.05, 0.1) is 16.6 Å². The van der Waals surface area contributed by atoms with Crippen LogP contribution in [-0.2, 0) is 12.6 Å². The molecule has 0 unspecified atom stereocenters. The first kappa shape index (κ1) is 13.7. The minimum Gasteiger partial charge on any atom is -0.342 e. The molecule has 3 aromatic rings. The predicted octanol–water partition coefficient (Wildman–Crippen LogP) is 4.48. The van der Waals surface area contributed by atoms with E-state index in [2.05, 4.69) is 9.97 Å². The number of aryl methyl sites for hydroxylation is 1. The molecule has 0 amide bonds. The molecule has 1 N–H and O–H groups in total. The summed E-state index contributed by atoms with van der Waals surface area (Å²) in [7, 11) is 0. The lowest BCUT2D eigenvalue weighted by Crippen LogP contribution is -2.04. The summed E-state index contributed by atoms with van der Waals surface area (Å²) in [6.07, 6.45) is -3.77. The first-order valence-electron chi connectivity index (χ1n) is 6.53. The number of alkyl halides is 3. The third-order valence-corrected chi connectivity index (χ3v) is 3.35. The number of hydrogen-bond acceptors (Lipinski definition) is 1. The van der Waals surface area contributed by atoms with Crippen molar-refractivity contribution in [3.05, 3.63) is 65.0 Å². The van der Waals surface area contributed by atoms with Crippen LogP contribution in [0, 0.1) is 6.92 Å². The zero-order valence-electron chi connectivity index (χ0n) is 11.3. The molecule has 0 atom stereocenters. The van der Waals surface area contributed by atoms with Crippen LogP contribution < -0.4 is 0 Å². The molecule has 0 aliphatic carbocycles. The molecule has 21 heavy (non-hydrogen) atoms. The summed E-state index contributed by atoms with van der Waals surface area (Å²) in [5, 5.41) is 0. The maximum Gasteiger partial charge on any atom is 0.416 e. The lowest BCUT2D eigenvalue weighted by Gasteiger charge is -2.05. The van der Waals surface area contributed by atoms with E-state index in [0.29, 0.717) is 23.3 Å². The van der Waals surface area contributed by atoms with Crippen molar-refractivity contribution in [2.24, 2.45) is 0 Å². The Morgan fingerprint density at radius 2 is 1.76 bits per heavy atom. The van der Waals surface area contributed by atoms with Gasteiger partial charge >= 0.3 is 6.18 Å². The van der Waals surface area contributed by atoms with Crippen molar-refractivity contribution in [1.29, 1.82) is 0 Å². The van der Waals surface area contributed by atoms with E-state index in [1.54, 1.807) is 0 Å². The second kappa shape index (κ2) is 4.91. The SMILES string of the molecule is Cc1ccc(Cc2nc3ccc(C(F)(F)F)cc3[nH]2)cc1. The molecule has 0 fully saturated rings. The molecule has 0 saturated carbocycles. The van der Waals surface area contributed by atoms with Gasteiger partial charge in [-0.3, -0.25) is 0 Å². The Balaban J connectivity index is 1.92. The lowest BCUT2D eigenvalue weighted by atomic mass is 10.1. The Morgan fingerprint density at radius 1 is 1.05 bits per heavy atom. The van der Waals surface area contributed by atoms with E-state index in [1.165, 1.54) is 6.07 Å². The van der Waals surface area contributed by atoms with Crippen LogP contribution >= 0.6 is 0 Å². The van der Waals surface area contributed by atoms with Crippen LogP contribution in [0.1, 0.15) is 22.5 Å². The Morgan fingerprint density at radius 3 is 2.43 bits per heavy atom. The second-order valence-electron chi connectivity index (χ2n) is 5.08. The van der Waals surface area contributed by atoms with Crippen LogP contribution in [0.25, 0.3) is 11.0 Å². The number of aromatic nitrogens is 2. The van der Waals surface area contributed by atoms with Gasteiger partial charge in [-0.05, 0) is 30.7 Å². The van der Waals surface area contributed by atoms with Crippen LogP contribution in [-0.4, -0.2) is 9.97 Å². The molecular weight excluding hydrogens is 277 g/mol. The first-order valence-corrected chi connectivity index (χ1v) is 6.53. The zero-order chi connectivity index (χ0) is 15.0. The van der Waals surface area contributed by atoms with E-state index >= 15 is 0 Å². The Kier molecular flexibility index (Phi) is 3.20. The van der Waals surface area contributed by atoms with Gasteiger partial charge < -0.3 is 4.98 Å². The van der Waals surface area contributed by atoms with Gasteiger partial charge in [0.15, 0.2) is 0 Å². The smallest absolute Gasteiger partial charge is 0.342 e. The van der Waals surface area contributed by atoms with E-state index in [4.69, 9.17) is 0 Å². The van der Waals surface area contributed by atoms with Gasteiger partial charge in [-0.2, -0.15) is 13.2 Å².